The maximum Gasteiger partial charge on any atom is 0.279 e. The summed E-state index contributed by atoms with van der Waals surface area (Å²) < 4.78 is 29.8. The quantitative estimate of drug-likeness (QED) is 0.905. The molecule has 0 saturated heterocycles. The van der Waals surface area contributed by atoms with Gasteiger partial charge in [-0.2, -0.15) is 17.4 Å². The summed E-state index contributed by atoms with van der Waals surface area (Å²) in [5.74, 6) is 0.586. The van der Waals surface area contributed by atoms with Crippen LogP contribution in [0.4, 0.5) is 0 Å². The minimum atomic E-state index is -3.61. The first kappa shape index (κ1) is 16.0. The molecule has 2 rings (SSSR count). The number of rotatable bonds is 5. The number of halogens is 1. The number of aryl methyl sites for hydroxylation is 1. The van der Waals surface area contributed by atoms with Crippen molar-refractivity contribution in [1.82, 2.24) is 18.6 Å². The number of nitrogens with one attached hydrogen (secondary N) is 1. The molecule has 0 aliphatic rings. The van der Waals surface area contributed by atoms with Crippen molar-refractivity contribution in [2.45, 2.75) is 6.04 Å². The van der Waals surface area contributed by atoms with Crippen molar-refractivity contribution in [3.05, 3.63) is 53.1 Å². The Bertz CT molecular complexity index is 727. The van der Waals surface area contributed by atoms with Crippen molar-refractivity contribution in [3.8, 4) is 0 Å². The Morgan fingerprint density at radius 2 is 2.10 bits per heavy atom. The molecule has 1 N–H and O–H groups in total. The van der Waals surface area contributed by atoms with Gasteiger partial charge in [-0.1, -0.05) is 23.7 Å². The molecule has 6 nitrogen and oxygen atoms in total. The summed E-state index contributed by atoms with van der Waals surface area (Å²) in [6.45, 7) is 0. The predicted molar refractivity (Wildman–Crippen MR) is 82.2 cm³/mol. The molecule has 1 aromatic heterocycles. The second-order valence-electron chi connectivity index (χ2n) is 4.79. The van der Waals surface area contributed by atoms with E-state index in [2.05, 4.69) is 9.71 Å². The minimum absolute atomic E-state index is 0.538. The Labute approximate surface area is 129 Å². The number of benzene rings is 1. The van der Waals surface area contributed by atoms with Gasteiger partial charge in [-0.3, -0.25) is 0 Å². The zero-order valence-electron chi connectivity index (χ0n) is 12.0. The lowest BCUT2D eigenvalue weighted by Gasteiger charge is -2.21. The monoisotopic (exact) mass is 328 g/mol. The molecule has 1 atom stereocenters. The molecule has 1 aromatic carbocycles. The Kier molecular flexibility index (Phi) is 4.67. The maximum absolute atomic E-state index is 12.2. The first-order valence-electron chi connectivity index (χ1n) is 6.23. The molecular formula is C13H17ClN4O2S. The third-order valence-corrected chi connectivity index (χ3v) is 4.78. The van der Waals surface area contributed by atoms with Crippen LogP contribution >= 0.6 is 11.6 Å². The third kappa shape index (κ3) is 3.62. The molecule has 1 unspecified atom stereocenters. The molecule has 2 aromatic rings. The van der Waals surface area contributed by atoms with Crippen molar-refractivity contribution >= 4 is 21.8 Å². The lowest BCUT2D eigenvalue weighted by molar-refractivity contribution is 0.493. The number of imidazole rings is 1. The first-order valence-corrected chi connectivity index (χ1v) is 8.05. The summed E-state index contributed by atoms with van der Waals surface area (Å²) in [6, 6.07) is 6.43. The molecule has 0 aliphatic carbocycles. The van der Waals surface area contributed by atoms with Gasteiger partial charge in [-0.25, -0.2) is 4.98 Å². The molecule has 114 valence electrons. The van der Waals surface area contributed by atoms with Crippen LogP contribution in [-0.4, -0.2) is 36.4 Å². The molecule has 0 saturated carbocycles. The van der Waals surface area contributed by atoms with Gasteiger partial charge in [0.1, 0.15) is 11.9 Å². The first-order chi connectivity index (χ1) is 9.81. The van der Waals surface area contributed by atoms with Crippen LogP contribution in [0.2, 0.25) is 5.02 Å². The smallest absolute Gasteiger partial charge is 0.279 e. The van der Waals surface area contributed by atoms with E-state index in [-0.39, 0.29) is 0 Å². The van der Waals surface area contributed by atoms with Crippen LogP contribution in [0.1, 0.15) is 17.4 Å². The zero-order chi connectivity index (χ0) is 15.6. The van der Waals surface area contributed by atoms with E-state index in [1.165, 1.54) is 14.1 Å². The van der Waals surface area contributed by atoms with Crippen LogP contribution in [0.3, 0.4) is 0 Å². The predicted octanol–water partition coefficient (Wildman–Crippen LogP) is 1.56. The van der Waals surface area contributed by atoms with Crippen molar-refractivity contribution in [2.24, 2.45) is 7.05 Å². The van der Waals surface area contributed by atoms with E-state index < -0.39 is 16.3 Å². The average molecular weight is 329 g/mol. The van der Waals surface area contributed by atoms with E-state index in [0.717, 1.165) is 9.87 Å². The van der Waals surface area contributed by atoms with Gasteiger partial charge in [0.2, 0.25) is 0 Å². The molecule has 0 aliphatic heterocycles. The number of hydrogen-bond acceptors (Lipinski definition) is 3. The number of nitrogens with zero attached hydrogens (tertiary/aromatic N) is 3. The maximum atomic E-state index is 12.2. The second-order valence-corrected chi connectivity index (χ2v) is 7.14. The minimum Gasteiger partial charge on any atom is -0.336 e. The van der Waals surface area contributed by atoms with Gasteiger partial charge in [0.15, 0.2) is 0 Å². The standard InChI is InChI=1S/C13H17ClN4O2S/c1-17(2)21(19,20)16-12(13-15-7-8-18(13)3)10-5-4-6-11(14)9-10/h4-9,12,16H,1-3H3. The zero-order valence-corrected chi connectivity index (χ0v) is 13.6. The van der Waals surface area contributed by atoms with E-state index in [1.54, 1.807) is 35.2 Å². The lowest BCUT2D eigenvalue weighted by atomic mass is 10.1. The molecule has 8 heteroatoms. The second kappa shape index (κ2) is 6.15. The van der Waals surface area contributed by atoms with Crippen LogP contribution in [0.5, 0.6) is 0 Å². The normalized spacial score (nSPS) is 13.6. The molecule has 0 spiro atoms. The van der Waals surface area contributed by atoms with Gasteiger partial charge in [0, 0.05) is 38.6 Å². The Hall–Kier alpha value is -1.41. The van der Waals surface area contributed by atoms with Crippen LogP contribution in [0, 0.1) is 0 Å². The molecule has 21 heavy (non-hydrogen) atoms. The molecule has 0 amide bonds. The Balaban J connectivity index is 2.48. The Morgan fingerprint density at radius 3 is 2.62 bits per heavy atom. The van der Waals surface area contributed by atoms with Gasteiger partial charge in [0.25, 0.3) is 10.2 Å². The molecule has 0 fully saturated rings. The summed E-state index contributed by atoms with van der Waals surface area (Å²) in [4.78, 5) is 4.24. The van der Waals surface area contributed by atoms with Crippen LogP contribution in [-0.2, 0) is 17.3 Å². The highest BCUT2D eigenvalue weighted by atomic mass is 35.5. The average Bonchev–Trinajstić information content (AvgIpc) is 2.82. The van der Waals surface area contributed by atoms with Gasteiger partial charge < -0.3 is 4.57 Å². The SMILES string of the molecule is CN(C)S(=O)(=O)NC(c1cccc(Cl)c1)c1nccn1C. The largest absolute Gasteiger partial charge is 0.336 e. The Morgan fingerprint density at radius 1 is 1.38 bits per heavy atom. The van der Waals surface area contributed by atoms with Crippen molar-refractivity contribution in [2.75, 3.05) is 14.1 Å². The molecular weight excluding hydrogens is 312 g/mol. The fourth-order valence-electron chi connectivity index (χ4n) is 1.87. The van der Waals surface area contributed by atoms with E-state index in [0.29, 0.717) is 10.8 Å². The van der Waals surface area contributed by atoms with Crippen LogP contribution < -0.4 is 4.72 Å². The van der Waals surface area contributed by atoms with E-state index in [9.17, 15) is 8.42 Å². The highest BCUT2D eigenvalue weighted by molar-refractivity contribution is 7.87. The number of aromatic nitrogens is 2. The number of hydrogen-bond donors (Lipinski definition) is 1. The topological polar surface area (TPSA) is 67.2 Å². The molecule has 0 radical (unpaired) electrons. The van der Waals surface area contributed by atoms with Crippen molar-refractivity contribution in [3.63, 3.8) is 0 Å². The van der Waals surface area contributed by atoms with Gasteiger partial charge >= 0.3 is 0 Å². The third-order valence-electron chi connectivity index (χ3n) is 3.05. The van der Waals surface area contributed by atoms with Gasteiger partial charge in [-0.05, 0) is 17.7 Å². The van der Waals surface area contributed by atoms with E-state index in [1.807, 2.05) is 13.1 Å². The lowest BCUT2D eigenvalue weighted by Crippen LogP contribution is -2.39. The van der Waals surface area contributed by atoms with Crippen LogP contribution in [0.15, 0.2) is 36.7 Å². The molecule has 0 bridgehead atoms. The van der Waals surface area contributed by atoms with E-state index in [4.69, 9.17) is 11.6 Å². The summed E-state index contributed by atoms with van der Waals surface area (Å²) >= 11 is 6.01. The summed E-state index contributed by atoms with van der Waals surface area (Å²) in [5.41, 5.74) is 0.724. The molecule has 1 heterocycles. The van der Waals surface area contributed by atoms with Crippen molar-refractivity contribution in [1.29, 1.82) is 0 Å². The fraction of sp³-hybridized carbons (Fsp3) is 0.308. The van der Waals surface area contributed by atoms with Crippen LogP contribution in [0.25, 0.3) is 0 Å². The highest BCUT2D eigenvalue weighted by Gasteiger charge is 2.25. The highest BCUT2D eigenvalue weighted by Crippen LogP contribution is 2.24. The van der Waals surface area contributed by atoms with Crippen molar-refractivity contribution < 1.29 is 8.42 Å². The van der Waals surface area contributed by atoms with Gasteiger partial charge in [-0.15, -0.1) is 0 Å². The van der Waals surface area contributed by atoms with Gasteiger partial charge in [0.05, 0.1) is 0 Å². The summed E-state index contributed by atoms with van der Waals surface area (Å²) in [7, 11) is 1.13. The van der Waals surface area contributed by atoms with E-state index >= 15 is 0 Å². The fourth-order valence-corrected chi connectivity index (χ4v) is 2.81. The summed E-state index contributed by atoms with van der Waals surface area (Å²) in [6.07, 6.45) is 3.38. The summed E-state index contributed by atoms with van der Waals surface area (Å²) in [5, 5.41) is 0.538.